The molecule has 3 rings (SSSR count). The second-order valence-electron chi connectivity index (χ2n) is 9.47. The molecular formula is C24H36N6O3. The van der Waals surface area contributed by atoms with E-state index < -0.39 is 6.29 Å². The molecule has 1 aromatic heterocycles. The van der Waals surface area contributed by atoms with Gasteiger partial charge in [0.25, 0.3) is 0 Å². The number of benzene rings is 1. The number of hydrogen-bond acceptors (Lipinski definition) is 5. The molecule has 9 heteroatoms. The molecule has 1 fully saturated rings. The van der Waals surface area contributed by atoms with Crippen molar-refractivity contribution in [1.29, 1.82) is 0 Å². The van der Waals surface area contributed by atoms with E-state index in [1.165, 1.54) is 0 Å². The summed E-state index contributed by atoms with van der Waals surface area (Å²) in [5.41, 5.74) is 1.70. The highest BCUT2D eigenvalue weighted by molar-refractivity contribution is 5.88. The van der Waals surface area contributed by atoms with Gasteiger partial charge >= 0.3 is 6.03 Å². The summed E-state index contributed by atoms with van der Waals surface area (Å²) >= 11 is 0. The first-order chi connectivity index (χ1) is 15.6. The summed E-state index contributed by atoms with van der Waals surface area (Å²) < 4.78 is 6.81. The smallest absolute Gasteiger partial charge is 0.320 e. The predicted octanol–water partition coefficient (Wildman–Crippen LogP) is 3.14. The first-order valence-electron chi connectivity index (χ1n) is 11.5. The number of rotatable bonds is 7. The van der Waals surface area contributed by atoms with E-state index >= 15 is 0 Å². The van der Waals surface area contributed by atoms with Crippen molar-refractivity contribution in [2.75, 3.05) is 19.0 Å². The second kappa shape index (κ2) is 10.2. The fraction of sp³-hybridized carbons (Fsp3) is 0.542. The van der Waals surface area contributed by atoms with Crippen LogP contribution in [0.4, 0.5) is 10.6 Å². The SMILES string of the molecule is CCC1C(=O)NC(n2nc(C(C)(C)C)cc2NC(=O)NCCc2ccc(OC)cc2)NC1C. The zero-order valence-corrected chi connectivity index (χ0v) is 20.4. The number of hydrogen-bond donors (Lipinski definition) is 4. The maximum Gasteiger partial charge on any atom is 0.320 e. The van der Waals surface area contributed by atoms with Gasteiger partial charge in [-0.2, -0.15) is 5.10 Å². The average molecular weight is 457 g/mol. The number of aromatic nitrogens is 2. The van der Waals surface area contributed by atoms with Crippen LogP contribution in [0.5, 0.6) is 5.75 Å². The lowest BCUT2D eigenvalue weighted by Gasteiger charge is -2.35. The Labute approximate surface area is 195 Å². The Morgan fingerprint density at radius 2 is 1.94 bits per heavy atom. The molecule has 0 spiro atoms. The van der Waals surface area contributed by atoms with E-state index in [1.807, 2.05) is 44.2 Å². The molecule has 9 nitrogen and oxygen atoms in total. The lowest BCUT2D eigenvalue weighted by Crippen LogP contribution is -2.57. The van der Waals surface area contributed by atoms with E-state index in [9.17, 15) is 9.59 Å². The van der Waals surface area contributed by atoms with Crippen molar-refractivity contribution in [2.45, 2.75) is 65.2 Å². The molecule has 2 aromatic rings. The van der Waals surface area contributed by atoms with E-state index in [1.54, 1.807) is 11.8 Å². The number of nitrogens with one attached hydrogen (secondary N) is 4. The van der Waals surface area contributed by atoms with Crippen LogP contribution in [0.25, 0.3) is 0 Å². The largest absolute Gasteiger partial charge is 0.497 e. The fourth-order valence-electron chi connectivity index (χ4n) is 3.87. The number of nitrogens with zero attached hydrogens (tertiary/aromatic N) is 2. The lowest BCUT2D eigenvalue weighted by molar-refractivity contribution is -0.130. The molecule has 1 aromatic carbocycles. The molecule has 3 amide bonds. The van der Waals surface area contributed by atoms with E-state index in [4.69, 9.17) is 9.84 Å². The van der Waals surface area contributed by atoms with Crippen LogP contribution in [0.2, 0.25) is 0 Å². The minimum atomic E-state index is -0.541. The van der Waals surface area contributed by atoms with Gasteiger partial charge in [0.2, 0.25) is 5.91 Å². The molecular weight excluding hydrogens is 420 g/mol. The van der Waals surface area contributed by atoms with Crippen molar-refractivity contribution in [3.8, 4) is 5.75 Å². The fourth-order valence-corrected chi connectivity index (χ4v) is 3.87. The summed E-state index contributed by atoms with van der Waals surface area (Å²) in [5, 5.41) is 16.9. The van der Waals surface area contributed by atoms with Crippen LogP contribution in [-0.4, -0.2) is 41.4 Å². The molecule has 3 atom stereocenters. The Kier molecular flexibility index (Phi) is 7.63. The van der Waals surface area contributed by atoms with Gasteiger partial charge in [0.05, 0.1) is 18.7 Å². The van der Waals surface area contributed by atoms with Crippen molar-refractivity contribution in [2.24, 2.45) is 5.92 Å². The van der Waals surface area contributed by atoms with Crippen LogP contribution in [0, 0.1) is 5.92 Å². The predicted molar refractivity (Wildman–Crippen MR) is 128 cm³/mol. The van der Waals surface area contributed by atoms with E-state index in [2.05, 4.69) is 42.0 Å². The third kappa shape index (κ3) is 6.04. The van der Waals surface area contributed by atoms with Gasteiger partial charge in [0.1, 0.15) is 11.6 Å². The average Bonchev–Trinajstić information content (AvgIpc) is 3.18. The number of amides is 3. The molecule has 1 aliphatic heterocycles. The van der Waals surface area contributed by atoms with Gasteiger partial charge < -0.3 is 15.4 Å². The van der Waals surface area contributed by atoms with Crippen LogP contribution >= 0.6 is 0 Å². The van der Waals surface area contributed by atoms with Gasteiger partial charge in [0, 0.05) is 24.1 Å². The van der Waals surface area contributed by atoms with Crippen LogP contribution in [0.15, 0.2) is 30.3 Å². The van der Waals surface area contributed by atoms with Crippen molar-refractivity contribution < 1.29 is 14.3 Å². The standard InChI is InChI=1S/C24H36N6O3/c1-7-18-15(2)26-22(28-21(18)31)30-20(14-19(29-30)24(3,4)5)27-23(32)25-13-12-16-8-10-17(33-6)11-9-16/h8-11,14-15,18,22,26H,7,12-13H2,1-6H3,(H,28,31)(H2,25,27,32). The zero-order valence-electron chi connectivity index (χ0n) is 20.4. The normalized spacial score (nSPS) is 20.8. The topological polar surface area (TPSA) is 109 Å². The van der Waals surface area contributed by atoms with Crippen LogP contribution in [0.1, 0.15) is 58.6 Å². The molecule has 1 saturated heterocycles. The van der Waals surface area contributed by atoms with E-state index in [-0.39, 0.29) is 29.3 Å². The molecule has 0 aliphatic carbocycles. The van der Waals surface area contributed by atoms with Crippen LogP contribution in [-0.2, 0) is 16.6 Å². The summed E-state index contributed by atoms with van der Waals surface area (Å²) in [6, 6.07) is 9.27. The first kappa shape index (κ1) is 24.6. The van der Waals surface area contributed by atoms with E-state index in [0.29, 0.717) is 18.8 Å². The minimum Gasteiger partial charge on any atom is -0.497 e. The zero-order chi connectivity index (χ0) is 24.2. The Hall–Kier alpha value is -3.07. The first-order valence-corrected chi connectivity index (χ1v) is 11.5. The Morgan fingerprint density at radius 3 is 2.52 bits per heavy atom. The van der Waals surface area contributed by atoms with Gasteiger partial charge in [-0.1, -0.05) is 39.8 Å². The quantitative estimate of drug-likeness (QED) is 0.512. The Bertz CT molecular complexity index is 964. The highest BCUT2D eigenvalue weighted by Crippen LogP contribution is 2.27. The van der Waals surface area contributed by atoms with Gasteiger partial charge in [-0.3, -0.25) is 15.4 Å². The van der Waals surface area contributed by atoms with E-state index in [0.717, 1.165) is 23.4 Å². The molecule has 0 radical (unpaired) electrons. The Morgan fingerprint density at radius 1 is 1.24 bits per heavy atom. The van der Waals surface area contributed by atoms with Crippen molar-refractivity contribution in [3.05, 3.63) is 41.6 Å². The molecule has 33 heavy (non-hydrogen) atoms. The van der Waals surface area contributed by atoms with Crippen LogP contribution in [0.3, 0.4) is 0 Å². The summed E-state index contributed by atoms with van der Waals surface area (Å²) in [5.74, 6) is 1.20. The van der Waals surface area contributed by atoms with Gasteiger partial charge in [0.15, 0.2) is 6.29 Å². The summed E-state index contributed by atoms with van der Waals surface area (Å²) in [7, 11) is 1.63. The number of urea groups is 1. The summed E-state index contributed by atoms with van der Waals surface area (Å²) in [4.78, 5) is 25.2. The van der Waals surface area contributed by atoms with Gasteiger partial charge in [-0.15, -0.1) is 0 Å². The third-order valence-electron chi connectivity index (χ3n) is 5.93. The van der Waals surface area contributed by atoms with Gasteiger partial charge in [-0.25, -0.2) is 9.48 Å². The van der Waals surface area contributed by atoms with Crippen LogP contribution < -0.4 is 26.0 Å². The lowest BCUT2D eigenvalue weighted by atomic mass is 9.92. The number of carbonyl (C=O) groups is 2. The summed E-state index contributed by atoms with van der Waals surface area (Å²) in [6.07, 6.45) is 0.905. The Balaban J connectivity index is 1.68. The molecule has 3 unspecified atom stereocenters. The molecule has 1 aliphatic rings. The number of methoxy groups -OCH3 is 1. The molecule has 180 valence electrons. The number of ether oxygens (including phenoxy) is 1. The minimum absolute atomic E-state index is 0.0118. The number of carbonyl (C=O) groups excluding carboxylic acids is 2. The molecule has 0 saturated carbocycles. The van der Waals surface area contributed by atoms with Gasteiger partial charge in [-0.05, 0) is 37.5 Å². The summed E-state index contributed by atoms with van der Waals surface area (Å²) in [6.45, 7) is 10.6. The van der Waals surface area contributed by atoms with Crippen molar-refractivity contribution >= 4 is 17.8 Å². The number of anilines is 1. The molecule has 2 heterocycles. The third-order valence-corrected chi connectivity index (χ3v) is 5.93. The molecule has 4 N–H and O–H groups in total. The maximum absolute atomic E-state index is 12.6. The second-order valence-corrected chi connectivity index (χ2v) is 9.47. The monoisotopic (exact) mass is 456 g/mol. The maximum atomic E-state index is 12.6. The highest BCUT2D eigenvalue weighted by Gasteiger charge is 2.35. The van der Waals surface area contributed by atoms with Crippen molar-refractivity contribution in [3.63, 3.8) is 0 Å². The molecule has 0 bridgehead atoms. The highest BCUT2D eigenvalue weighted by atomic mass is 16.5. The van der Waals surface area contributed by atoms with Crippen molar-refractivity contribution in [1.82, 2.24) is 25.7 Å².